The first-order valence-electron chi connectivity index (χ1n) is 6.39. The minimum atomic E-state index is -0.543. The lowest BCUT2D eigenvalue weighted by atomic mass is 10.1. The van der Waals surface area contributed by atoms with Gasteiger partial charge in [0.25, 0.3) is 11.6 Å². The topological polar surface area (TPSA) is 111 Å². The molecule has 0 unspecified atom stereocenters. The van der Waals surface area contributed by atoms with Gasteiger partial charge < -0.3 is 15.4 Å². The highest BCUT2D eigenvalue weighted by atomic mass is 16.6. The molecule has 0 radical (unpaired) electrons. The summed E-state index contributed by atoms with van der Waals surface area (Å²) in [6.45, 7) is 4.06. The van der Waals surface area contributed by atoms with E-state index in [0.29, 0.717) is 11.1 Å². The molecule has 1 rings (SSSR count). The molecule has 0 aliphatic heterocycles. The summed E-state index contributed by atoms with van der Waals surface area (Å²) >= 11 is 0. The van der Waals surface area contributed by atoms with E-state index in [4.69, 9.17) is 0 Å². The Hall–Kier alpha value is -2.64. The van der Waals surface area contributed by atoms with Gasteiger partial charge in [0.15, 0.2) is 0 Å². The van der Waals surface area contributed by atoms with Crippen molar-refractivity contribution in [2.24, 2.45) is 0 Å². The second-order valence-corrected chi connectivity index (χ2v) is 4.16. The number of ether oxygens (including phenoxy) is 1. The third-order valence-corrected chi connectivity index (χ3v) is 2.62. The predicted molar refractivity (Wildman–Crippen MR) is 75.2 cm³/mol. The quantitative estimate of drug-likeness (QED) is 0.468. The number of nitro benzene ring substituents is 1. The van der Waals surface area contributed by atoms with Crippen molar-refractivity contribution in [1.82, 2.24) is 10.6 Å². The number of rotatable bonds is 6. The number of alkyl carbamates (subject to hydrolysis) is 1. The largest absolute Gasteiger partial charge is 0.450 e. The summed E-state index contributed by atoms with van der Waals surface area (Å²) in [6.07, 6.45) is -0.543. The number of nitrogens with one attached hydrogen (secondary N) is 2. The molecule has 8 heteroatoms. The van der Waals surface area contributed by atoms with Gasteiger partial charge in [-0.3, -0.25) is 14.9 Å². The highest BCUT2D eigenvalue weighted by Crippen LogP contribution is 2.16. The van der Waals surface area contributed by atoms with Crippen molar-refractivity contribution in [2.75, 3.05) is 19.7 Å². The zero-order chi connectivity index (χ0) is 15.8. The Labute approximate surface area is 121 Å². The van der Waals surface area contributed by atoms with E-state index < -0.39 is 11.0 Å². The molecule has 8 nitrogen and oxygen atoms in total. The Balaban J connectivity index is 2.49. The zero-order valence-electron chi connectivity index (χ0n) is 11.8. The van der Waals surface area contributed by atoms with Gasteiger partial charge in [0.05, 0.1) is 11.5 Å². The van der Waals surface area contributed by atoms with E-state index >= 15 is 0 Å². The van der Waals surface area contributed by atoms with Crippen LogP contribution >= 0.6 is 0 Å². The van der Waals surface area contributed by atoms with E-state index in [2.05, 4.69) is 15.4 Å². The molecule has 0 saturated heterocycles. The summed E-state index contributed by atoms with van der Waals surface area (Å²) in [6, 6.07) is 4.02. The number of benzene rings is 1. The van der Waals surface area contributed by atoms with Gasteiger partial charge >= 0.3 is 6.09 Å². The number of aryl methyl sites for hydroxylation is 1. The zero-order valence-corrected chi connectivity index (χ0v) is 11.8. The van der Waals surface area contributed by atoms with Gasteiger partial charge in [-0.1, -0.05) is 0 Å². The molecule has 0 bridgehead atoms. The lowest BCUT2D eigenvalue weighted by molar-refractivity contribution is -0.384. The molecule has 0 spiro atoms. The van der Waals surface area contributed by atoms with Gasteiger partial charge in [-0.15, -0.1) is 0 Å². The van der Waals surface area contributed by atoms with Crippen molar-refractivity contribution in [3.05, 3.63) is 39.4 Å². The normalized spacial score (nSPS) is 9.81. The number of non-ortho nitro benzene ring substituents is 1. The van der Waals surface area contributed by atoms with Crippen LogP contribution in [0.2, 0.25) is 0 Å². The molecule has 1 aromatic rings. The third kappa shape index (κ3) is 5.09. The number of nitrogens with zero attached hydrogens (tertiary/aromatic N) is 1. The minimum Gasteiger partial charge on any atom is -0.450 e. The number of hydrogen-bond acceptors (Lipinski definition) is 5. The summed E-state index contributed by atoms with van der Waals surface area (Å²) < 4.78 is 4.66. The monoisotopic (exact) mass is 295 g/mol. The molecular weight excluding hydrogens is 278 g/mol. The molecule has 1 aromatic carbocycles. The highest BCUT2D eigenvalue weighted by Gasteiger charge is 2.13. The Morgan fingerprint density at radius 3 is 2.52 bits per heavy atom. The van der Waals surface area contributed by atoms with Crippen LogP contribution in [-0.4, -0.2) is 36.6 Å². The summed E-state index contributed by atoms with van der Waals surface area (Å²) in [5.74, 6) is -0.354. The molecule has 0 aliphatic carbocycles. The van der Waals surface area contributed by atoms with Crippen molar-refractivity contribution in [3.63, 3.8) is 0 Å². The van der Waals surface area contributed by atoms with Crippen LogP contribution in [0.25, 0.3) is 0 Å². The van der Waals surface area contributed by atoms with Crippen molar-refractivity contribution >= 4 is 17.7 Å². The van der Waals surface area contributed by atoms with Crippen molar-refractivity contribution in [2.45, 2.75) is 13.8 Å². The number of nitro groups is 1. The van der Waals surface area contributed by atoms with E-state index in [1.54, 1.807) is 13.8 Å². The highest BCUT2D eigenvalue weighted by molar-refractivity contribution is 5.95. The maximum Gasteiger partial charge on any atom is 0.407 e. The van der Waals surface area contributed by atoms with Crippen molar-refractivity contribution in [3.8, 4) is 0 Å². The Bertz CT molecular complexity index is 545. The van der Waals surface area contributed by atoms with Gasteiger partial charge in [-0.2, -0.15) is 0 Å². The van der Waals surface area contributed by atoms with E-state index in [1.807, 2.05) is 0 Å². The molecular formula is C13H17N3O5. The second kappa shape index (κ2) is 7.83. The van der Waals surface area contributed by atoms with Crippen molar-refractivity contribution < 1.29 is 19.2 Å². The Morgan fingerprint density at radius 2 is 1.95 bits per heavy atom. The fourth-order valence-corrected chi connectivity index (χ4v) is 1.63. The fraction of sp³-hybridized carbons (Fsp3) is 0.385. The molecule has 2 N–H and O–H groups in total. The molecule has 0 aromatic heterocycles. The van der Waals surface area contributed by atoms with Gasteiger partial charge in [0.1, 0.15) is 0 Å². The smallest absolute Gasteiger partial charge is 0.407 e. The summed E-state index contributed by atoms with van der Waals surface area (Å²) in [5, 5.41) is 15.7. The second-order valence-electron chi connectivity index (χ2n) is 4.16. The first-order valence-corrected chi connectivity index (χ1v) is 6.39. The van der Waals surface area contributed by atoms with Gasteiger partial charge in [-0.25, -0.2) is 4.79 Å². The van der Waals surface area contributed by atoms with Gasteiger partial charge in [0.2, 0.25) is 0 Å². The maximum atomic E-state index is 11.9. The average molecular weight is 295 g/mol. The molecule has 0 fully saturated rings. The number of amides is 2. The lowest BCUT2D eigenvalue weighted by Gasteiger charge is -2.08. The molecule has 0 saturated carbocycles. The molecule has 114 valence electrons. The van der Waals surface area contributed by atoms with Crippen molar-refractivity contribution in [1.29, 1.82) is 0 Å². The molecule has 0 atom stereocenters. The number of hydrogen-bond donors (Lipinski definition) is 2. The van der Waals surface area contributed by atoms with Crippen LogP contribution in [0.4, 0.5) is 10.5 Å². The Kier molecular flexibility index (Phi) is 6.12. The summed E-state index contributed by atoms with van der Waals surface area (Å²) in [4.78, 5) is 33.0. The number of carbonyl (C=O) groups is 2. The maximum absolute atomic E-state index is 11.9. The SMILES string of the molecule is CCOC(=O)NCCNC(=O)c1ccc([N+](=O)[O-])cc1C. The van der Waals surface area contributed by atoms with E-state index in [-0.39, 0.29) is 31.3 Å². The van der Waals surface area contributed by atoms with E-state index in [0.717, 1.165) is 0 Å². The average Bonchev–Trinajstić information content (AvgIpc) is 2.43. The van der Waals surface area contributed by atoms with Gasteiger partial charge in [-0.05, 0) is 25.5 Å². The standard InChI is InChI=1S/C13H17N3O5/c1-3-21-13(18)15-7-6-14-12(17)11-5-4-10(16(19)20)8-9(11)2/h4-5,8H,3,6-7H2,1-2H3,(H,14,17)(H,15,18). The third-order valence-electron chi connectivity index (χ3n) is 2.62. The predicted octanol–water partition coefficient (Wildman–Crippen LogP) is 1.38. The van der Waals surface area contributed by atoms with Crippen LogP contribution in [0.1, 0.15) is 22.8 Å². The minimum absolute atomic E-state index is 0.0620. The summed E-state index contributed by atoms with van der Waals surface area (Å²) in [5.41, 5.74) is 0.810. The van der Waals surface area contributed by atoms with Gasteiger partial charge in [0, 0.05) is 30.8 Å². The van der Waals surface area contributed by atoms with E-state index in [9.17, 15) is 19.7 Å². The van der Waals surface area contributed by atoms with Crippen LogP contribution in [0.3, 0.4) is 0 Å². The van der Waals surface area contributed by atoms with Crippen LogP contribution in [0, 0.1) is 17.0 Å². The molecule has 21 heavy (non-hydrogen) atoms. The van der Waals surface area contributed by atoms with E-state index in [1.165, 1.54) is 18.2 Å². The summed E-state index contributed by atoms with van der Waals surface area (Å²) in [7, 11) is 0. The first kappa shape index (κ1) is 16.4. The van der Waals surface area contributed by atoms with Crippen LogP contribution in [0.15, 0.2) is 18.2 Å². The molecule has 0 heterocycles. The van der Waals surface area contributed by atoms with Crippen LogP contribution in [0.5, 0.6) is 0 Å². The number of carbonyl (C=O) groups excluding carboxylic acids is 2. The Morgan fingerprint density at radius 1 is 1.29 bits per heavy atom. The first-order chi connectivity index (χ1) is 9.95. The fourth-order valence-electron chi connectivity index (χ4n) is 1.63. The molecule has 0 aliphatic rings. The van der Waals surface area contributed by atoms with Crippen LogP contribution < -0.4 is 10.6 Å². The lowest BCUT2D eigenvalue weighted by Crippen LogP contribution is -2.35. The van der Waals surface area contributed by atoms with Crippen LogP contribution in [-0.2, 0) is 4.74 Å². The molecule has 2 amide bonds.